The van der Waals surface area contributed by atoms with E-state index in [1.165, 1.54) is 60.7 Å². The summed E-state index contributed by atoms with van der Waals surface area (Å²) in [5.74, 6) is 0.265. The minimum Gasteiger partial charge on any atom is -0.436 e. The number of nitrogens with one attached hydrogen (secondary N) is 3. The Balaban J connectivity index is 0.919. The van der Waals surface area contributed by atoms with Crippen LogP contribution in [-0.4, -0.2) is 93.7 Å². The van der Waals surface area contributed by atoms with Gasteiger partial charge in [0.15, 0.2) is 17.2 Å². The highest BCUT2D eigenvalue weighted by Gasteiger charge is 2.41. The van der Waals surface area contributed by atoms with Crippen molar-refractivity contribution in [2.24, 2.45) is 5.41 Å². The number of rotatable bonds is 12. The van der Waals surface area contributed by atoms with Crippen molar-refractivity contribution in [3.63, 3.8) is 0 Å². The first-order valence-corrected chi connectivity index (χ1v) is 21.7. The zero-order chi connectivity index (χ0) is 41.2. The number of ether oxygens (including phenoxy) is 3. The Labute approximate surface area is 354 Å². The van der Waals surface area contributed by atoms with Gasteiger partial charge >= 0.3 is 0 Å². The Bertz CT molecular complexity index is 2460. The smallest absolute Gasteiger partial charge is 0.293 e. The molecule has 1 saturated carbocycles. The van der Waals surface area contributed by atoms with Crippen molar-refractivity contribution >= 4 is 62.3 Å². The number of carbonyl (C=O) groups excluding carboxylic acids is 1. The summed E-state index contributed by atoms with van der Waals surface area (Å²) in [6.07, 6.45) is 10.2. The summed E-state index contributed by atoms with van der Waals surface area (Å²) in [6.45, 7) is 5.02. The number of aromatic amines is 1. The number of amides is 1. The largest absolute Gasteiger partial charge is 0.436 e. The molecule has 3 aromatic heterocycles. The molecule has 0 radical (unpaired) electrons. The third kappa shape index (κ3) is 8.74. The first kappa shape index (κ1) is 40.0. The van der Waals surface area contributed by atoms with Crippen LogP contribution in [0.3, 0.4) is 0 Å². The third-order valence-corrected chi connectivity index (χ3v) is 13.3. The van der Waals surface area contributed by atoms with Gasteiger partial charge in [0.05, 0.1) is 35.8 Å². The van der Waals surface area contributed by atoms with Crippen LogP contribution in [0, 0.1) is 15.5 Å². The lowest BCUT2D eigenvalue weighted by atomic mass is 9.59. The fourth-order valence-electron chi connectivity index (χ4n) is 8.58. The first-order chi connectivity index (χ1) is 29.2. The molecule has 9 rings (SSSR count). The number of nitrogens with zero attached hydrogens (tertiary/aromatic N) is 5. The molecule has 1 amide bonds. The summed E-state index contributed by atoms with van der Waals surface area (Å²) >= 11 is 6.27. The van der Waals surface area contributed by atoms with Gasteiger partial charge in [-0.15, -0.1) is 0 Å². The molecule has 0 bridgehead atoms. The molecular weight excluding hydrogens is 808 g/mol. The molecule has 2 aliphatic carbocycles. The zero-order valence-electron chi connectivity index (χ0n) is 32.9. The fraction of sp³-hybridized carbons (Fsp3) is 0.372. The van der Waals surface area contributed by atoms with Crippen LogP contribution in [0.4, 0.5) is 17.2 Å². The number of hydrogen-bond donors (Lipinski definition) is 3. The van der Waals surface area contributed by atoms with Gasteiger partial charge < -0.3 is 29.4 Å². The molecule has 3 N–H and O–H groups in total. The van der Waals surface area contributed by atoms with Crippen molar-refractivity contribution in [1.29, 1.82) is 0 Å². The quantitative estimate of drug-likeness (QED) is 0.0835. The molecular formula is C43H45ClN8O7S. The first-order valence-electron chi connectivity index (χ1n) is 20.2. The van der Waals surface area contributed by atoms with E-state index in [1.807, 2.05) is 18.2 Å². The molecule has 1 unspecified atom stereocenters. The number of hydrogen-bond acceptors (Lipinski definition) is 12. The number of fused-ring (bicyclic) bond motifs is 1. The van der Waals surface area contributed by atoms with Crippen molar-refractivity contribution in [2.75, 3.05) is 62.8 Å². The number of nitro benzene ring substituents is 1. The van der Waals surface area contributed by atoms with Crippen LogP contribution in [0.25, 0.3) is 16.6 Å². The second-order valence-electron chi connectivity index (χ2n) is 15.8. The SMILES string of the molecule is O=C(NS(=O)c1ccc(N[C@H]2COCCO2)c([N+](=O)[O-])c1)c1ccc(N2CCN(CC3=C(c4ccc(Cl)cc4)CC4(CCC4)CC3)CC2)nc1Oc1cnc2[nH]ccc2c1. The maximum atomic E-state index is 13.8. The fourth-order valence-corrected chi connectivity index (χ4v) is 9.52. The molecule has 2 aromatic carbocycles. The number of benzene rings is 2. The highest BCUT2D eigenvalue weighted by molar-refractivity contribution is 7.83. The van der Waals surface area contributed by atoms with E-state index in [1.54, 1.807) is 24.4 Å². The summed E-state index contributed by atoms with van der Waals surface area (Å²) in [7, 11) is -2.17. The van der Waals surface area contributed by atoms with Gasteiger partial charge in [0, 0.05) is 55.4 Å². The maximum Gasteiger partial charge on any atom is 0.293 e. The molecule has 60 heavy (non-hydrogen) atoms. The number of H-pyrrole nitrogens is 1. The molecule has 3 fully saturated rings. The van der Waals surface area contributed by atoms with E-state index < -0.39 is 28.0 Å². The Kier molecular flexibility index (Phi) is 11.5. The average molecular weight is 853 g/mol. The van der Waals surface area contributed by atoms with Gasteiger partial charge in [-0.05, 0) is 97.2 Å². The highest BCUT2D eigenvalue weighted by atomic mass is 35.5. The topological polar surface area (TPSA) is 177 Å². The minimum absolute atomic E-state index is 0.00577. The summed E-state index contributed by atoms with van der Waals surface area (Å²) in [5, 5.41) is 16.5. The monoisotopic (exact) mass is 852 g/mol. The predicted molar refractivity (Wildman–Crippen MR) is 229 cm³/mol. The number of allylic oxidation sites excluding steroid dienone is 1. The zero-order valence-corrected chi connectivity index (χ0v) is 34.4. The van der Waals surface area contributed by atoms with Crippen molar-refractivity contribution in [3.05, 3.63) is 111 Å². The Morgan fingerprint density at radius 3 is 2.63 bits per heavy atom. The van der Waals surface area contributed by atoms with Gasteiger partial charge in [-0.3, -0.25) is 24.5 Å². The van der Waals surface area contributed by atoms with Crippen LogP contribution < -0.4 is 19.7 Å². The summed E-state index contributed by atoms with van der Waals surface area (Å²) in [4.78, 5) is 42.3. The van der Waals surface area contributed by atoms with Crippen LogP contribution >= 0.6 is 11.6 Å². The lowest BCUT2D eigenvalue weighted by Crippen LogP contribution is -2.47. The van der Waals surface area contributed by atoms with E-state index >= 15 is 0 Å². The molecule has 312 valence electrons. The van der Waals surface area contributed by atoms with E-state index in [0.29, 0.717) is 35.8 Å². The Morgan fingerprint density at radius 2 is 1.88 bits per heavy atom. The predicted octanol–water partition coefficient (Wildman–Crippen LogP) is 7.48. The maximum absolute atomic E-state index is 13.8. The average Bonchev–Trinajstić information content (AvgIpc) is 3.72. The number of pyridine rings is 2. The van der Waals surface area contributed by atoms with Crippen molar-refractivity contribution in [2.45, 2.75) is 49.6 Å². The van der Waals surface area contributed by atoms with Gasteiger partial charge in [-0.25, -0.2) is 9.19 Å². The number of aromatic nitrogens is 3. The van der Waals surface area contributed by atoms with Crippen molar-refractivity contribution in [3.8, 4) is 11.6 Å². The number of anilines is 2. The van der Waals surface area contributed by atoms with E-state index in [4.69, 9.17) is 30.8 Å². The molecule has 17 heteroatoms. The number of nitro groups is 1. The third-order valence-electron chi connectivity index (χ3n) is 12.0. The van der Waals surface area contributed by atoms with Crippen LogP contribution in [0.2, 0.25) is 5.02 Å². The number of halogens is 1. The molecule has 5 aromatic rings. The van der Waals surface area contributed by atoms with Crippen molar-refractivity contribution < 1.29 is 28.1 Å². The van der Waals surface area contributed by atoms with Crippen LogP contribution in [0.1, 0.15) is 54.4 Å². The molecule has 5 heterocycles. The van der Waals surface area contributed by atoms with Gasteiger partial charge in [0.1, 0.15) is 28.5 Å². The number of carbonyl (C=O) groups is 1. The summed E-state index contributed by atoms with van der Waals surface area (Å²) < 4.78 is 33.2. The summed E-state index contributed by atoms with van der Waals surface area (Å²) in [6, 6.07) is 19.4. The van der Waals surface area contributed by atoms with Gasteiger partial charge in [0.25, 0.3) is 11.6 Å². The summed E-state index contributed by atoms with van der Waals surface area (Å²) in [5.41, 5.74) is 5.29. The second-order valence-corrected chi connectivity index (χ2v) is 17.5. The van der Waals surface area contributed by atoms with E-state index in [0.717, 1.165) is 62.0 Å². The van der Waals surface area contributed by atoms with E-state index in [-0.39, 0.29) is 34.3 Å². The molecule has 2 aliphatic heterocycles. The van der Waals surface area contributed by atoms with Crippen LogP contribution in [0.5, 0.6) is 11.6 Å². The minimum atomic E-state index is -2.17. The lowest BCUT2D eigenvalue weighted by molar-refractivity contribution is -0.384. The normalized spacial score (nSPS) is 19.8. The molecule has 1 spiro atoms. The molecule has 2 saturated heterocycles. The van der Waals surface area contributed by atoms with Crippen LogP contribution in [-0.2, 0) is 20.5 Å². The van der Waals surface area contributed by atoms with Gasteiger partial charge in [-0.1, -0.05) is 35.7 Å². The van der Waals surface area contributed by atoms with Gasteiger partial charge in [0.2, 0.25) is 5.88 Å². The van der Waals surface area contributed by atoms with E-state index in [9.17, 15) is 19.1 Å². The highest BCUT2D eigenvalue weighted by Crippen LogP contribution is 2.55. The van der Waals surface area contributed by atoms with Crippen LogP contribution in [0.15, 0.2) is 89.6 Å². The van der Waals surface area contributed by atoms with E-state index in [2.05, 4.69) is 41.9 Å². The molecule has 2 atom stereocenters. The molecule has 15 nitrogen and oxygen atoms in total. The second kappa shape index (κ2) is 17.3. The van der Waals surface area contributed by atoms with Gasteiger partial charge in [-0.2, -0.15) is 4.98 Å². The molecule has 4 aliphatic rings. The Hall–Kier alpha value is -5.39. The number of piperazine rings is 1. The van der Waals surface area contributed by atoms with Crippen molar-refractivity contribution in [1.82, 2.24) is 24.6 Å². The Morgan fingerprint density at radius 1 is 1.05 bits per heavy atom. The standard InChI is InChI=1S/C43H45ClN8O7S/c44-31-4-2-28(3-5-31)35-24-43(12-1-13-43)14-10-30(35)26-50-16-18-51(19-17-50)38-9-7-34(42(48-38)59-32-22-29-11-15-45-40(29)46-25-32)41(53)49-60(56)33-6-8-36(37(23-33)52(54)55)47-39-27-57-20-21-58-39/h2-9,11,15,22-23,25,39,47H,1,10,12-14,16-21,24,26-27H2,(H,45,46)(H,49,53)/t39-,60?/m1/s1. The lowest BCUT2D eigenvalue weighted by Gasteiger charge is -2.47.